The quantitative estimate of drug-likeness (QED) is 0.661. The highest BCUT2D eigenvalue weighted by Crippen LogP contribution is 2.04. The topological polar surface area (TPSA) is 38.3 Å². The van der Waals surface area contributed by atoms with Crippen molar-refractivity contribution in [2.24, 2.45) is 0 Å². The van der Waals surface area contributed by atoms with E-state index in [9.17, 15) is 4.79 Å². The van der Waals surface area contributed by atoms with Crippen LogP contribution in [0.3, 0.4) is 0 Å². The Kier molecular flexibility index (Phi) is 7.99. The zero-order valence-corrected chi connectivity index (χ0v) is 10.3. The first-order valence-corrected chi connectivity index (χ1v) is 6.37. The lowest BCUT2D eigenvalue weighted by Gasteiger charge is -2.17. The molecule has 0 aromatic rings. The normalized spacial score (nSPS) is 14.9. The fraction of sp³-hybridized carbons (Fsp3) is 0.900. The molecule has 0 spiro atoms. The Bertz CT molecular complexity index is 164. The summed E-state index contributed by atoms with van der Waals surface area (Å²) in [5, 5.41) is 3.74. The fourth-order valence-electron chi connectivity index (χ4n) is 1.03. The van der Waals surface area contributed by atoms with Crippen molar-refractivity contribution in [3.63, 3.8) is 0 Å². The molecule has 4 heteroatoms. The molecule has 0 saturated carbocycles. The smallest absolute Gasteiger partial charge is 0.323 e. The highest BCUT2D eigenvalue weighted by atomic mass is 32.2. The van der Waals surface area contributed by atoms with Gasteiger partial charge in [0, 0.05) is 11.8 Å². The van der Waals surface area contributed by atoms with Gasteiger partial charge in [-0.15, -0.1) is 0 Å². The second kappa shape index (κ2) is 8.12. The number of rotatable bonds is 7. The van der Waals surface area contributed by atoms with Gasteiger partial charge in [0.05, 0.1) is 6.61 Å². The monoisotopic (exact) mass is 219 g/mol. The number of esters is 1. The van der Waals surface area contributed by atoms with Gasteiger partial charge in [0.2, 0.25) is 0 Å². The third-order valence-electron chi connectivity index (χ3n) is 2.03. The van der Waals surface area contributed by atoms with Crippen LogP contribution in [-0.2, 0) is 9.53 Å². The highest BCUT2D eigenvalue weighted by Gasteiger charge is 2.17. The van der Waals surface area contributed by atoms with E-state index in [-0.39, 0.29) is 12.0 Å². The van der Waals surface area contributed by atoms with Crippen LogP contribution in [0.5, 0.6) is 0 Å². The largest absolute Gasteiger partial charge is 0.465 e. The lowest BCUT2D eigenvalue weighted by molar-refractivity contribution is -0.145. The summed E-state index contributed by atoms with van der Waals surface area (Å²) in [5.74, 6) is -0.136. The number of hydrogen-bond acceptors (Lipinski definition) is 4. The van der Waals surface area contributed by atoms with Crippen molar-refractivity contribution in [1.82, 2.24) is 5.32 Å². The van der Waals surface area contributed by atoms with Crippen LogP contribution in [0.4, 0.5) is 0 Å². The molecule has 2 atom stereocenters. The summed E-state index contributed by atoms with van der Waals surface area (Å²) in [7, 11) is 0. The van der Waals surface area contributed by atoms with Crippen molar-refractivity contribution >= 4 is 17.7 Å². The molecule has 0 radical (unpaired) electrons. The number of carbonyl (C=O) groups is 1. The molecule has 0 saturated heterocycles. The van der Waals surface area contributed by atoms with Gasteiger partial charge in [-0.05, 0) is 19.6 Å². The third-order valence-corrected chi connectivity index (χ3v) is 3.00. The van der Waals surface area contributed by atoms with Gasteiger partial charge in [0.1, 0.15) is 6.04 Å². The van der Waals surface area contributed by atoms with Crippen LogP contribution in [0.15, 0.2) is 0 Å². The first-order valence-electron chi connectivity index (χ1n) is 5.08. The van der Waals surface area contributed by atoms with Gasteiger partial charge in [-0.25, -0.2) is 0 Å². The summed E-state index contributed by atoms with van der Waals surface area (Å²) in [6, 6.07) is -0.149. The number of hydrogen-bond donors (Lipinski definition) is 1. The second-order valence-corrected chi connectivity index (χ2v) is 4.44. The second-order valence-electron chi connectivity index (χ2n) is 3.17. The number of ether oxygens (including phenoxy) is 1. The third kappa shape index (κ3) is 5.50. The highest BCUT2D eigenvalue weighted by molar-refractivity contribution is 7.99. The molecule has 0 aliphatic carbocycles. The van der Waals surface area contributed by atoms with Crippen molar-refractivity contribution in [2.45, 2.75) is 38.5 Å². The van der Waals surface area contributed by atoms with Crippen molar-refractivity contribution in [2.75, 3.05) is 19.4 Å². The zero-order chi connectivity index (χ0) is 11.0. The lowest BCUT2D eigenvalue weighted by Crippen LogP contribution is -2.40. The molecule has 0 amide bonds. The molecule has 0 fully saturated rings. The van der Waals surface area contributed by atoms with E-state index in [1.54, 1.807) is 11.8 Å². The average Bonchev–Trinajstić information content (AvgIpc) is 2.18. The van der Waals surface area contributed by atoms with Crippen LogP contribution in [0.25, 0.3) is 0 Å². The molecule has 2 unspecified atom stereocenters. The van der Waals surface area contributed by atoms with Gasteiger partial charge in [-0.3, -0.25) is 4.79 Å². The molecule has 0 rings (SSSR count). The standard InChI is InChI=1S/C10H21NO2S/c1-5-9(10(12)13-6-2)11-7-8(3)14-4/h8-9,11H,5-7H2,1-4H3. The summed E-state index contributed by atoms with van der Waals surface area (Å²) in [4.78, 5) is 11.4. The molecular weight excluding hydrogens is 198 g/mol. The van der Waals surface area contributed by atoms with Gasteiger partial charge in [0.15, 0.2) is 0 Å². The number of nitrogens with one attached hydrogen (secondary N) is 1. The van der Waals surface area contributed by atoms with E-state index in [0.29, 0.717) is 11.9 Å². The van der Waals surface area contributed by atoms with Gasteiger partial charge in [-0.2, -0.15) is 11.8 Å². The molecule has 1 N–H and O–H groups in total. The van der Waals surface area contributed by atoms with Crippen LogP contribution in [-0.4, -0.2) is 36.7 Å². The van der Waals surface area contributed by atoms with Crippen LogP contribution in [0.1, 0.15) is 27.2 Å². The van der Waals surface area contributed by atoms with E-state index < -0.39 is 0 Å². The Labute approximate surface area is 91.0 Å². The molecule has 3 nitrogen and oxygen atoms in total. The number of thioether (sulfide) groups is 1. The first kappa shape index (κ1) is 13.8. The fourth-order valence-corrected chi connectivity index (χ4v) is 1.29. The molecule has 0 bridgehead atoms. The van der Waals surface area contributed by atoms with Crippen LogP contribution >= 0.6 is 11.8 Å². The predicted molar refractivity (Wildman–Crippen MR) is 61.7 cm³/mol. The Morgan fingerprint density at radius 1 is 1.50 bits per heavy atom. The van der Waals surface area contributed by atoms with Gasteiger partial charge >= 0.3 is 5.97 Å². The molecule has 0 heterocycles. The molecule has 0 aliphatic heterocycles. The van der Waals surface area contributed by atoms with Crippen molar-refractivity contribution < 1.29 is 9.53 Å². The Morgan fingerprint density at radius 3 is 2.57 bits per heavy atom. The van der Waals surface area contributed by atoms with Gasteiger partial charge in [0.25, 0.3) is 0 Å². The molecule has 14 heavy (non-hydrogen) atoms. The molecule has 0 aliphatic rings. The van der Waals surface area contributed by atoms with Gasteiger partial charge in [-0.1, -0.05) is 13.8 Å². The summed E-state index contributed by atoms with van der Waals surface area (Å²) in [6.07, 6.45) is 2.84. The zero-order valence-electron chi connectivity index (χ0n) is 9.50. The predicted octanol–water partition coefficient (Wildman–Crippen LogP) is 1.67. The summed E-state index contributed by atoms with van der Waals surface area (Å²) in [6.45, 7) is 7.25. The summed E-state index contributed by atoms with van der Waals surface area (Å²) >= 11 is 1.79. The minimum absolute atomic E-state index is 0.136. The van der Waals surface area contributed by atoms with Crippen molar-refractivity contribution in [3.8, 4) is 0 Å². The van der Waals surface area contributed by atoms with E-state index in [2.05, 4.69) is 18.5 Å². The SMILES string of the molecule is CCOC(=O)C(CC)NCC(C)SC. The van der Waals surface area contributed by atoms with Crippen molar-refractivity contribution in [3.05, 3.63) is 0 Å². The van der Waals surface area contributed by atoms with Crippen molar-refractivity contribution in [1.29, 1.82) is 0 Å². The maximum absolute atomic E-state index is 11.4. The Morgan fingerprint density at radius 2 is 2.14 bits per heavy atom. The van der Waals surface area contributed by atoms with E-state index in [0.717, 1.165) is 13.0 Å². The first-order chi connectivity index (χ1) is 6.65. The van der Waals surface area contributed by atoms with Gasteiger partial charge < -0.3 is 10.1 Å². The summed E-state index contributed by atoms with van der Waals surface area (Å²) in [5.41, 5.74) is 0. The van der Waals surface area contributed by atoms with E-state index in [1.807, 2.05) is 13.8 Å². The summed E-state index contributed by atoms with van der Waals surface area (Å²) < 4.78 is 4.95. The maximum atomic E-state index is 11.4. The van der Waals surface area contributed by atoms with Crippen LogP contribution < -0.4 is 5.32 Å². The molecule has 0 aromatic heterocycles. The maximum Gasteiger partial charge on any atom is 0.323 e. The average molecular weight is 219 g/mol. The lowest BCUT2D eigenvalue weighted by atomic mass is 10.2. The van der Waals surface area contributed by atoms with Crippen LogP contribution in [0, 0.1) is 0 Å². The molecular formula is C10H21NO2S. The Hall–Kier alpha value is -0.220. The Balaban J connectivity index is 3.84. The van der Waals surface area contributed by atoms with E-state index >= 15 is 0 Å². The minimum Gasteiger partial charge on any atom is -0.465 e. The number of carbonyl (C=O) groups excluding carboxylic acids is 1. The molecule has 84 valence electrons. The van der Waals surface area contributed by atoms with E-state index in [4.69, 9.17) is 4.74 Å². The minimum atomic E-state index is -0.149. The molecule has 0 aromatic carbocycles. The van der Waals surface area contributed by atoms with E-state index in [1.165, 1.54) is 0 Å². The van der Waals surface area contributed by atoms with Crippen LogP contribution in [0.2, 0.25) is 0 Å².